The van der Waals surface area contributed by atoms with E-state index in [0.717, 1.165) is 5.69 Å². The maximum atomic E-state index is 5.93. The van der Waals surface area contributed by atoms with Crippen molar-refractivity contribution >= 4 is 40.5 Å². The van der Waals surface area contributed by atoms with Gasteiger partial charge in [0.1, 0.15) is 6.34 Å². The number of hydrogen-bond donors (Lipinski definition) is 1. The van der Waals surface area contributed by atoms with Gasteiger partial charge in [0.2, 0.25) is 10.9 Å². The molecule has 0 bridgehead atoms. The number of benzene rings is 1. The van der Waals surface area contributed by atoms with Crippen molar-refractivity contribution in [3.05, 3.63) is 30.3 Å². The summed E-state index contributed by atoms with van der Waals surface area (Å²) >= 11 is 11.5. The molecule has 0 saturated carbocycles. The summed E-state index contributed by atoms with van der Waals surface area (Å²) in [5, 5.41) is 1.71. The lowest BCUT2D eigenvalue weighted by molar-refractivity contribution is 0.478. The molecule has 0 saturated heterocycles. The summed E-state index contributed by atoms with van der Waals surface area (Å²) in [6, 6.07) is 9.60. The van der Waals surface area contributed by atoms with Crippen LogP contribution in [0.2, 0.25) is 0 Å². The van der Waals surface area contributed by atoms with Gasteiger partial charge in [0, 0.05) is 0 Å². The van der Waals surface area contributed by atoms with Gasteiger partial charge in [0.15, 0.2) is 0 Å². The summed E-state index contributed by atoms with van der Waals surface area (Å²) in [6.07, 6.45) is 1.50. The zero-order valence-corrected chi connectivity index (χ0v) is 9.15. The molecule has 0 spiro atoms. The number of nitrogens with zero attached hydrogens (tertiary/aromatic N) is 3. The lowest BCUT2D eigenvalue weighted by Crippen LogP contribution is -2.36. The molecule has 15 heavy (non-hydrogen) atoms. The van der Waals surface area contributed by atoms with Gasteiger partial charge in [-0.3, -0.25) is 5.43 Å². The molecular formula is C9H8Cl2N4. The summed E-state index contributed by atoms with van der Waals surface area (Å²) in [5.74, 6) is 0. The fourth-order valence-electron chi connectivity index (χ4n) is 1.09. The lowest BCUT2D eigenvalue weighted by atomic mass is 10.3. The van der Waals surface area contributed by atoms with Gasteiger partial charge >= 0.3 is 0 Å². The molecule has 1 unspecified atom stereocenters. The van der Waals surface area contributed by atoms with Crippen LogP contribution in [-0.4, -0.2) is 22.3 Å². The zero-order valence-electron chi connectivity index (χ0n) is 7.64. The molecule has 0 amide bonds. The van der Waals surface area contributed by atoms with Crippen LogP contribution in [0.3, 0.4) is 0 Å². The minimum Gasteiger partial charge on any atom is -0.295 e. The van der Waals surface area contributed by atoms with Crippen LogP contribution in [0.25, 0.3) is 0 Å². The SMILES string of the molecule is ClC1=NC(Cl)N(Nc2ccccc2)C=N1. The van der Waals surface area contributed by atoms with E-state index in [4.69, 9.17) is 23.2 Å². The monoisotopic (exact) mass is 242 g/mol. The van der Waals surface area contributed by atoms with Crippen molar-refractivity contribution in [2.45, 2.75) is 5.62 Å². The number of nitrogens with one attached hydrogen (secondary N) is 1. The van der Waals surface area contributed by atoms with E-state index in [1.54, 1.807) is 5.01 Å². The fourth-order valence-corrected chi connectivity index (χ4v) is 1.47. The first kappa shape index (κ1) is 10.3. The van der Waals surface area contributed by atoms with E-state index in [-0.39, 0.29) is 5.29 Å². The van der Waals surface area contributed by atoms with Crippen LogP contribution in [0.1, 0.15) is 0 Å². The molecule has 1 atom stereocenters. The topological polar surface area (TPSA) is 40.0 Å². The van der Waals surface area contributed by atoms with Gasteiger partial charge in [-0.1, -0.05) is 29.8 Å². The van der Waals surface area contributed by atoms with E-state index < -0.39 is 5.62 Å². The first-order valence-electron chi connectivity index (χ1n) is 4.27. The molecule has 1 heterocycles. The number of hydrazine groups is 1. The maximum absolute atomic E-state index is 5.93. The number of anilines is 1. The summed E-state index contributed by atoms with van der Waals surface area (Å²) < 4.78 is 0. The van der Waals surface area contributed by atoms with Crippen LogP contribution in [0.5, 0.6) is 0 Å². The Morgan fingerprint density at radius 1 is 1.27 bits per heavy atom. The van der Waals surface area contributed by atoms with Crippen LogP contribution in [0, 0.1) is 0 Å². The largest absolute Gasteiger partial charge is 0.295 e. The lowest BCUT2D eigenvalue weighted by Gasteiger charge is -2.25. The van der Waals surface area contributed by atoms with E-state index >= 15 is 0 Å². The highest BCUT2D eigenvalue weighted by Crippen LogP contribution is 2.14. The molecule has 4 nitrogen and oxygen atoms in total. The van der Waals surface area contributed by atoms with Crippen molar-refractivity contribution in [1.29, 1.82) is 0 Å². The summed E-state index contributed by atoms with van der Waals surface area (Å²) in [4.78, 5) is 7.70. The van der Waals surface area contributed by atoms with Gasteiger partial charge in [-0.05, 0) is 23.7 Å². The van der Waals surface area contributed by atoms with Crippen LogP contribution < -0.4 is 5.43 Å². The van der Waals surface area contributed by atoms with Crippen LogP contribution in [0.15, 0.2) is 40.3 Å². The molecule has 1 N–H and O–H groups in total. The van der Waals surface area contributed by atoms with E-state index in [1.807, 2.05) is 30.3 Å². The smallest absolute Gasteiger partial charge is 0.222 e. The number of alkyl halides is 1. The van der Waals surface area contributed by atoms with E-state index in [2.05, 4.69) is 15.4 Å². The Labute approximate surface area is 97.2 Å². The predicted octanol–water partition coefficient (Wildman–Crippen LogP) is 2.47. The number of para-hydroxylation sites is 1. The highest BCUT2D eigenvalue weighted by molar-refractivity contribution is 6.65. The number of hydrogen-bond acceptors (Lipinski definition) is 4. The Hall–Kier alpha value is -1.26. The second kappa shape index (κ2) is 4.51. The third kappa shape index (κ3) is 2.61. The fraction of sp³-hybridized carbons (Fsp3) is 0.111. The molecule has 78 valence electrons. The highest BCUT2D eigenvalue weighted by Gasteiger charge is 2.15. The highest BCUT2D eigenvalue weighted by atomic mass is 35.5. The van der Waals surface area contributed by atoms with Crippen molar-refractivity contribution in [2.75, 3.05) is 5.43 Å². The molecule has 0 radical (unpaired) electrons. The molecule has 1 aromatic rings. The van der Waals surface area contributed by atoms with Gasteiger partial charge in [0.05, 0.1) is 5.69 Å². The van der Waals surface area contributed by atoms with Gasteiger partial charge in [-0.15, -0.1) is 0 Å². The Kier molecular flexibility index (Phi) is 3.08. The Bertz CT molecular complexity index is 390. The van der Waals surface area contributed by atoms with Crippen molar-refractivity contribution in [3.8, 4) is 0 Å². The molecule has 1 aliphatic heterocycles. The molecule has 0 aliphatic carbocycles. The van der Waals surface area contributed by atoms with Crippen molar-refractivity contribution in [1.82, 2.24) is 5.01 Å². The second-order valence-electron chi connectivity index (χ2n) is 2.84. The number of amidine groups is 1. The number of halogens is 2. The normalized spacial score (nSPS) is 20.0. The molecular weight excluding hydrogens is 235 g/mol. The quantitative estimate of drug-likeness (QED) is 0.640. The van der Waals surface area contributed by atoms with Gasteiger partial charge in [-0.25, -0.2) is 15.0 Å². The first-order chi connectivity index (χ1) is 7.25. The average Bonchev–Trinajstić information content (AvgIpc) is 2.24. The Morgan fingerprint density at radius 3 is 2.67 bits per heavy atom. The van der Waals surface area contributed by atoms with Gasteiger partial charge in [0.25, 0.3) is 0 Å². The maximum Gasteiger partial charge on any atom is 0.222 e. The summed E-state index contributed by atoms with van der Waals surface area (Å²) in [5.41, 5.74) is 3.36. The molecule has 1 aromatic carbocycles. The summed E-state index contributed by atoms with van der Waals surface area (Å²) in [7, 11) is 0. The van der Waals surface area contributed by atoms with E-state index in [1.165, 1.54) is 6.34 Å². The Balaban J connectivity index is 2.06. The van der Waals surface area contributed by atoms with E-state index in [9.17, 15) is 0 Å². The molecule has 2 rings (SSSR count). The third-order valence-electron chi connectivity index (χ3n) is 1.76. The Morgan fingerprint density at radius 2 is 2.00 bits per heavy atom. The minimum atomic E-state index is -0.588. The molecule has 0 fully saturated rings. The zero-order chi connectivity index (χ0) is 10.7. The van der Waals surface area contributed by atoms with Gasteiger partial charge < -0.3 is 0 Å². The van der Waals surface area contributed by atoms with Crippen molar-refractivity contribution in [3.63, 3.8) is 0 Å². The average molecular weight is 243 g/mol. The van der Waals surface area contributed by atoms with Crippen molar-refractivity contribution in [2.24, 2.45) is 9.98 Å². The van der Waals surface area contributed by atoms with Crippen LogP contribution in [0.4, 0.5) is 5.69 Å². The molecule has 1 aliphatic rings. The third-order valence-corrected chi connectivity index (χ3v) is 2.27. The minimum absolute atomic E-state index is 0.154. The summed E-state index contributed by atoms with van der Waals surface area (Å²) in [6.45, 7) is 0. The van der Waals surface area contributed by atoms with Crippen LogP contribution in [-0.2, 0) is 0 Å². The molecule has 0 aromatic heterocycles. The molecule has 6 heteroatoms. The standard InChI is InChI=1S/C9H8Cl2N4/c10-8-12-6-15(9(11)13-8)14-7-4-2-1-3-5-7/h1-6,9,14H. The number of aliphatic imine (C=N–C) groups is 2. The number of rotatable bonds is 2. The van der Waals surface area contributed by atoms with Crippen molar-refractivity contribution < 1.29 is 0 Å². The van der Waals surface area contributed by atoms with Gasteiger partial charge in [-0.2, -0.15) is 0 Å². The second-order valence-corrected chi connectivity index (χ2v) is 3.57. The van der Waals surface area contributed by atoms with Crippen LogP contribution >= 0.6 is 23.2 Å². The first-order valence-corrected chi connectivity index (χ1v) is 5.09. The van der Waals surface area contributed by atoms with E-state index in [0.29, 0.717) is 0 Å². The predicted molar refractivity (Wildman–Crippen MR) is 63.3 cm³/mol.